The van der Waals surface area contributed by atoms with Gasteiger partial charge in [-0.2, -0.15) is 0 Å². The van der Waals surface area contributed by atoms with Crippen LogP contribution in [0.1, 0.15) is 42.0 Å². The van der Waals surface area contributed by atoms with Crippen LogP contribution in [0.3, 0.4) is 0 Å². The number of rotatable bonds is 16. The molecule has 4 rings (SSSR count). The summed E-state index contributed by atoms with van der Waals surface area (Å²) in [6, 6.07) is 32.8. The first-order valence-corrected chi connectivity index (χ1v) is 17.4. The van der Waals surface area contributed by atoms with Crippen LogP contribution in [-0.2, 0) is 39.2 Å². The highest BCUT2D eigenvalue weighted by Crippen LogP contribution is 2.24. The minimum atomic E-state index is -3.87. The number of carbonyl (C=O) groups is 2. The molecular formula is C37H43N3O5S. The van der Waals surface area contributed by atoms with Gasteiger partial charge in [-0.1, -0.05) is 104 Å². The second-order valence-electron chi connectivity index (χ2n) is 11.4. The Balaban J connectivity index is 1.63. The highest BCUT2D eigenvalue weighted by atomic mass is 32.2. The van der Waals surface area contributed by atoms with Crippen molar-refractivity contribution in [2.45, 2.75) is 52.3 Å². The molecule has 0 saturated carbocycles. The molecule has 0 aliphatic rings. The molecule has 0 saturated heterocycles. The zero-order valence-corrected chi connectivity index (χ0v) is 27.6. The van der Waals surface area contributed by atoms with Crippen LogP contribution in [0.15, 0.2) is 109 Å². The van der Waals surface area contributed by atoms with Crippen LogP contribution < -0.4 is 14.4 Å². The number of hydrogen-bond donors (Lipinski definition) is 1. The average molecular weight is 642 g/mol. The minimum Gasteiger partial charge on any atom is -0.489 e. The van der Waals surface area contributed by atoms with E-state index >= 15 is 0 Å². The Hall–Kier alpha value is -4.63. The van der Waals surface area contributed by atoms with E-state index in [0.29, 0.717) is 24.6 Å². The lowest BCUT2D eigenvalue weighted by Gasteiger charge is -2.33. The molecule has 46 heavy (non-hydrogen) atoms. The predicted octanol–water partition coefficient (Wildman–Crippen LogP) is 5.90. The van der Waals surface area contributed by atoms with E-state index < -0.39 is 28.5 Å². The molecule has 4 aromatic carbocycles. The van der Waals surface area contributed by atoms with Crippen molar-refractivity contribution in [2.24, 2.45) is 0 Å². The molecular weight excluding hydrogens is 598 g/mol. The van der Waals surface area contributed by atoms with E-state index in [1.807, 2.05) is 98.8 Å². The quantitative estimate of drug-likeness (QED) is 0.154. The van der Waals surface area contributed by atoms with Gasteiger partial charge in [0.2, 0.25) is 21.8 Å². The number of nitrogens with one attached hydrogen (secondary N) is 1. The molecule has 0 aliphatic carbocycles. The molecule has 1 N–H and O–H groups in total. The fourth-order valence-electron chi connectivity index (χ4n) is 5.13. The Morgan fingerprint density at radius 2 is 1.46 bits per heavy atom. The number of sulfonamides is 1. The maximum atomic E-state index is 14.3. The standard InChI is InChI=1S/C37H43N3O5S/c1-4-5-23-38-37(42)35(25-30-14-8-6-9-15-30)39(26-32-18-12-13-29(2)24-32)36(41)27-40(46(3,43)44)33-19-21-34(22-20-33)45-28-31-16-10-7-11-17-31/h6-22,24,35H,4-5,23,25-28H2,1-3H3,(H,38,42)/t35-/m0/s1. The molecule has 0 aliphatic heterocycles. The van der Waals surface area contributed by atoms with Crippen molar-refractivity contribution in [3.63, 3.8) is 0 Å². The number of anilines is 1. The topological polar surface area (TPSA) is 96.0 Å². The minimum absolute atomic E-state index is 0.142. The Morgan fingerprint density at radius 3 is 2.07 bits per heavy atom. The second-order valence-corrected chi connectivity index (χ2v) is 13.3. The smallest absolute Gasteiger partial charge is 0.244 e. The number of unbranched alkanes of at least 4 members (excludes halogenated alkanes) is 1. The van der Waals surface area contributed by atoms with Gasteiger partial charge in [0.1, 0.15) is 24.9 Å². The molecule has 0 bridgehead atoms. The van der Waals surface area contributed by atoms with Crippen LogP contribution in [0.4, 0.5) is 5.69 Å². The van der Waals surface area contributed by atoms with Gasteiger partial charge >= 0.3 is 0 Å². The number of amides is 2. The predicted molar refractivity (Wildman–Crippen MR) is 183 cm³/mol. The van der Waals surface area contributed by atoms with Crippen molar-refractivity contribution < 1.29 is 22.7 Å². The van der Waals surface area contributed by atoms with E-state index in [1.165, 1.54) is 4.90 Å². The maximum absolute atomic E-state index is 14.3. The molecule has 2 amide bonds. The summed E-state index contributed by atoms with van der Waals surface area (Å²) < 4.78 is 33.2. The summed E-state index contributed by atoms with van der Waals surface area (Å²) in [7, 11) is -3.87. The first-order valence-electron chi connectivity index (χ1n) is 15.5. The Kier molecular flexibility index (Phi) is 12.4. The van der Waals surface area contributed by atoms with Gasteiger partial charge in [0, 0.05) is 19.5 Å². The summed E-state index contributed by atoms with van der Waals surface area (Å²) in [5, 5.41) is 3.00. The van der Waals surface area contributed by atoms with Gasteiger partial charge in [-0.05, 0) is 54.3 Å². The van der Waals surface area contributed by atoms with Crippen molar-refractivity contribution in [1.29, 1.82) is 0 Å². The van der Waals surface area contributed by atoms with Gasteiger partial charge in [-0.15, -0.1) is 0 Å². The zero-order valence-electron chi connectivity index (χ0n) is 26.8. The van der Waals surface area contributed by atoms with Crippen LogP contribution in [0.25, 0.3) is 0 Å². The normalized spacial score (nSPS) is 11.8. The largest absolute Gasteiger partial charge is 0.489 e. The highest BCUT2D eigenvalue weighted by molar-refractivity contribution is 7.92. The SMILES string of the molecule is CCCCNC(=O)[C@H](Cc1ccccc1)N(Cc1cccc(C)c1)C(=O)CN(c1ccc(OCc2ccccc2)cc1)S(C)(=O)=O. The van der Waals surface area contributed by atoms with Crippen LogP contribution >= 0.6 is 0 Å². The van der Waals surface area contributed by atoms with Gasteiger partial charge in [0.15, 0.2) is 0 Å². The van der Waals surface area contributed by atoms with Crippen molar-refractivity contribution in [2.75, 3.05) is 23.7 Å². The van der Waals surface area contributed by atoms with E-state index in [4.69, 9.17) is 4.74 Å². The zero-order chi connectivity index (χ0) is 32.9. The maximum Gasteiger partial charge on any atom is 0.244 e. The number of hydrogen-bond acceptors (Lipinski definition) is 5. The summed E-state index contributed by atoms with van der Waals surface area (Å²) in [5.74, 6) is -0.188. The monoisotopic (exact) mass is 641 g/mol. The number of nitrogens with zero attached hydrogens (tertiary/aromatic N) is 2. The molecule has 9 heteroatoms. The molecule has 0 fully saturated rings. The van der Waals surface area contributed by atoms with Crippen molar-refractivity contribution in [3.05, 3.63) is 131 Å². The molecule has 8 nitrogen and oxygen atoms in total. The van der Waals surface area contributed by atoms with Gasteiger partial charge in [-0.3, -0.25) is 13.9 Å². The van der Waals surface area contributed by atoms with E-state index in [1.54, 1.807) is 24.3 Å². The molecule has 0 unspecified atom stereocenters. The summed E-state index contributed by atoms with van der Waals surface area (Å²) in [6.45, 7) is 4.54. The summed E-state index contributed by atoms with van der Waals surface area (Å²) in [4.78, 5) is 29.5. The van der Waals surface area contributed by atoms with Crippen molar-refractivity contribution in [3.8, 4) is 5.75 Å². The first-order chi connectivity index (χ1) is 22.1. The summed E-state index contributed by atoms with van der Waals surface area (Å²) in [5.41, 5.74) is 4.09. The van der Waals surface area contributed by atoms with E-state index in [0.717, 1.165) is 45.7 Å². The van der Waals surface area contributed by atoms with E-state index in [9.17, 15) is 18.0 Å². The van der Waals surface area contributed by atoms with Crippen LogP contribution in [-0.4, -0.2) is 50.5 Å². The Morgan fingerprint density at radius 1 is 0.826 bits per heavy atom. The molecule has 1 atom stereocenters. The van der Waals surface area contributed by atoms with Crippen molar-refractivity contribution in [1.82, 2.24) is 10.2 Å². The number of carbonyl (C=O) groups excluding carboxylic acids is 2. The Labute approximate surface area is 273 Å². The van der Waals surface area contributed by atoms with Crippen LogP contribution in [0.5, 0.6) is 5.75 Å². The number of aryl methyl sites for hydroxylation is 1. The van der Waals surface area contributed by atoms with Crippen LogP contribution in [0, 0.1) is 6.92 Å². The average Bonchev–Trinajstić information content (AvgIpc) is 3.05. The lowest BCUT2D eigenvalue weighted by Crippen LogP contribution is -2.53. The number of benzene rings is 4. The van der Waals surface area contributed by atoms with Gasteiger partial charge in [0.05, 0.1) is 11.9 Å². The third kappa shape index (κ3) is 10.2. The molecule has 242 valence electrons. The molecule has 0 aromatic heterocycles. The highest BCUT2D eigenvalue weighted by Gasteiger charge is 2.33. The summed E-state index contributed by atoms with van der Waals surface area (Å²) in [6.07, 6.45) is 3.07. The Bertz CT molecular complexity index is 1660. The van der Waals surface area contributed by atoms with Crippen LogP contribution in [0.2, 0.25) is 0 Å². The molecule has 0 spiro atoms. The first kappa shape index (κ1) is 34.2. The fourth-order valence-corrected chi connectivity index (χ4v) is 5.98. The third-order valence-corrected chi connectivity index (χ3v) is 8.73. The van der Waals surface area contributed by atoms with Gasteiger partial charge < -0.3 is 15.0 Å². The van der Waals surface area contributed by atoms with E-state index in [-0.39, 0.29) is 18.9 Å². The molecule has 0 radical (unpaired) electrons. The number of ether oxygens (including phenoxy) is 1. The van der Waals surface area contributed by atoms with E-state index in [2.05, 4.69) is 5.32 Å². The summed E-state index contributed by atoms with van der Waals surface area (Å²) >= 11 is 0. The fraction of sp³-hybridized carbons (Fsp3) is 0.297. The van der Waals surface area contributed by atoms with Gasteiger partial charge in [0.25, 0.3) is 0 Å². The van der Waals surface area contributed by atoms with Crippen molar-refractivity contribution >= 4 is 27.5 Å². The molecule has 4 aromatic rings. The lowest BCUT2D eigenvalue weighted by molar-refractivity contribution is -0.140. The third-order valence-electron chi connectivity index (χ3n) is 7.59. The second kappa shape index (κ2) is 16.6. The van der Waals surface area contributed by atoms with Gasteiger partial charge in [-0.25, -0.2) is 8.42 Å². The lowest BCUT2D eigenvalue weighted by atomic mass is 10.0. The molecule has 0 heterocycles.